The summed E-state index contributed by atoms with van der Waals surface area (Å²) < 4.78 is 10.3. The van der Waals surface area contributed by atoms with Crippen molar-refractivity contribution in [2.24, 2.45) is 0 Å². The average molecular weight is 298 g/mol. The molecule has 2 rings (SSSR count). The zero-order valence-corrected chi connectivity index (χ0v) is 13.9. The third-order valence-electron chi connectivity index (χ3n) is 4.67. The van der Waals surface area contributed by atoms with E-state index < -0.39 is 5.54 Å². The summed E-state index contributed by atoms with van der Waals surface area (Å²) in [4.78, 5) is 14.9. The van der Waals surface area contributed by atoms with Crippen LogP contribution in [-0.2, 0) is 14.3 Å². The molecular weight excluding hydrogens is 268 g/mol. The van der Waals surface area contributed by atoms with Crippen LogP contribution in [0, 0.1) is 0 Å². The van der Waals surface area contributed by atoms with E-state index in [1.54, 1.807) is 7.11 Å². The van der Waals surface area contributed by atoms with Crippen LogP contribution in [-0.4, -0.2) is 61.9 Å². The van der Waals surface area contributed by atoms with Crippen LogP contribution in [0.15, 0.2) is 0 Å². The van der Waals surface area contributed by atoms with Crippen LogP contribution in [0.5, 0.6) is 0 Å². The molecule has 0 heterocycles. The van der Waals surface area contributed by atoms with Crippen molar-refractivity contribution in [1.29, 1.82) is 0 Å². The molecule has 2 fully saturated rings. The van der Waals surface area contributed by atoms with Gasteiger partial charge in [0.05, 0.1) is 13.7 Å². The van der Waals surface area contributed by atoms with Gasteiger partial charge in [-0.05, 0) is 46.0 Å². The fourth-order valence-corrected chi connectivity index (χ4v) is 3.69. The lowest BCUT2D eigenvalue weighted by atomic mass is 9.96. The van der Waals surface area contributed by atoms with Crippen molar-refractivity contribution in [3.05, 3.63) is 0 Å². The lowest BCUT2D eigenvalue weighted by molar-refractivity contribution is -0.149. The molecule has 0 spiro atoms. The summed E-state index contributed by atoms with van der Waals surface area (Å²) in [5, 5.41) is 3.47. The van der Waals surface area contributed by atoms with Gasteiger partial charge in [0.1, 0.15) is 5.54 Å². The van der Waals surface area contributed by atoms with E-state index in [-0.39, 0.29) is 12.0 Å². The van der Waals surface area contributed by atoms with Gasteiger partial charge < -0.3 is 9.47 Å². The number of methoxy groups -OCH3 is 2. The minimum Gasteiger partial charge on any atom is -0.468 e. The van der Waals surface area contributed by atoms with Crippen LogP contribution in [0.1, 0.15) is 46.0 Å². The number of carbonyl (C=O) groups excluding carboxylic acids is 1. The van der Waals surface area contributed by atoms with Crippen molar-refractivity contribution in [3.8, 4) is 0 Å². The summed E-state index contributed by atoms with van der Waals surface area (Å²) in [5.41, 5.74) is -0.506. The standard InChI is InChI=1S/C16H30N2O3/c1-12(2)17-16(15(19)21-4)8-7-14(11-16)18(9-10-20-3)13-5-6-13/h12-14,17H,5-11H2,1-4H3. The molecule has 122 valence electrons. The number of carbonyl (C=O) groups is 1. The van der Waals surface area contributed by atoms with E-state index in [4.69, 9.17) is 9.47 Å². The Morgan fingerprint density at radius 2 is 2.00 bits per heavy atom. The molecule has 0 aromatic rings. The molecule has 2 aliphatic carbocycles. The molecule has 0 bridgehead atoms. The number of nitrogens with zero attached hydrogens (tertiary/aromatic N) is 1. The Labute approximate surface area is 128 Å². The number of esters is 1. The Morgan fingerprint density at radius 3 is 2.52 bits per heavy atom. The summed E-state index contributed by atoms with van der Waals surface area (Å²) >= 11 is 0. The van der Waals surface area contributed by atoms with Gasteiger partial charge in [-0.2, -0.15) is 0 Å². The van der Waals surface area contributed by atoms with Gasteiger partial charge >= 0.3 is 5.97 Å². The summed E-state index contributed by atoms with van der Waals surface area (Å²) in [6.45, 7) is 5.89. The number of rotatable bonds is 8. The predicted molar refractivity (Wildman–Crippen MR) is 82.3 cm³/mol. The van der Waals surface area contributed by atoms with Crippen LogP contribution in [0.4, 0.5) is 0 Å². The van der Waals surface area contributed by atoms with E-state index in [1.165, 1.54) is 20.0 Å². The second-order valence-corrected chi connectivity index (χ2v) is 6.73. The van der Waals surface area contributed by atoms with E-state index in [0.717, 1.165) is 32.4 Å². The van der Waals surface area contributed by atoms with E-state index >= 15 is 0 Å². The Balaban J connectivity index is 2.05. The molecule has 5 heteroatoms. The number of hydrogen-bond acceptors (Lipinski definition) is 5. The lowest BCUT2D eigenvalue weighted by Crippen LogP contribution is -2.54. The normalized spacial score (nSPS) is 29.3. The van der Waals surface area contributed by atoms with Crippen LogP contribution in [0.2, 0.25) is 0 Å². The first-order valence-corrected chi connectivity index (χ1v) is 8.13. The van der Waals surface area contributed by atoms with Gasteiger partial charge in [-0.3, -0.25) is 15.0 Å². The fraction of sp³-hybridized carbons (Fsp3) is 0.938. The molecule has 2 unspecified atom stereocenters. The van der Waals surface area contributed by atoms with Crippen molar-refractivity contribution in [3.63, 3.8) is 0 Å². The third-order valence-corrected chi connectivity index (χ3v) is 4.67. The predicted octanol–water partition coefficient (Wildman–Crippen LogP) is 1.56. The molecule has 5 nitrogen and oxygen atoms in total. The molecule has 0 aromatic heterocycles. The van der Waals surface area contributed by atoms with Gasteiger partial charge in [0.2, 0.25) is 0 Å². The SMILES string of the molecule is COCCN(C1CC1)C1CCC(NC(C)C)(C(=O)OC)C1. The summed E-state index contributed by atoms with van der Waals surface area (Å²) in [6, 6.07) is 1.42. The van der Waals surface area contributed by atoms with Crippen molar-refractivity contribution in [2.45, 2.75) is 69.6 Å². The first-order valence-electron chi connectivity index (χ1n) is 8.13. The Hall–Kier alpha value is -0.650. The Kier molecular flexibility index (Phi) is 5.63. The highest BCUT2D eigenvalue weighted by atomic mass is 16.5. The highest BCUT2D eigenvalue weighted by molar-refractivity contribution is 5.81. The van der Waals surface area contributed by atoms with Gasteiger partial charge in [-0.25, -0.2) is 0 Å². The third kappa shape index (κ3) is 3.96. The average Bonchev–Trinajstić information content (AvgIpc) is 3.20. The fourth-order valence-electron chi connectivity index (χ4n) is 3.69. The quantitative estimate of drug-likeness (QED) is 0.689. The van der Waals surface area contributed by atoms with Crippen molar-refractivity contribution < 1.29 is 14.3 Å². The maximum atomic E-state index is 12.3. The van der Waals surface area contributed by atoms with E-state index in [2.05, 4.69) is 24.1 Å². The zero-order valence-electron chi connectivity index (χ0n) is 13.9. The Morgan fingerprint density at radius 1 is 1.29 bits per heavy atom. The first kappa shape index (κ1) is 16.7. The second kappa shape index (κ2) is 7.07. The molecule has 21 heavy (non-hydrogen) atoms. The number of nitrogens with one attached hydrogen (secondary N) is 1. The minimum atomic E-state index is -0.506. The molecule has 2 aliphatic rings. The van der Waals surface area contributed by atoms with E-state index in [0.29, 0.717) is 12.1 Å². The molecule has 0 saturated heterocycles. The maximum absolute atomic E-state index is 12.3. The lowest BCUT2D eigenvalue weighted by Gasteiger charge is -2.33. The molecule has 0 aliphatic heterocycles. The van der Waals surface area contributed by atoms with Crippen molar-refractivity contribution >= 4 is 5.97 Å². The molecule has 1 N–H and O–H groups in total. The topological polar surface area (TPSA) is 50.8 Å². The number of ether oxygens (including phenoxy) is 2. The van der Waals surface area contributed by atoms with Crippen LogP contribution >= 0.6 is 0 Å². The van der Waals surface area contributed by atoms with Gasteiger partial charge in [-0.15, -0.1) is 0 Å². The monoisotopic (exact) mass is 298 g/mol. The van der Waals surface area contributed by atoms with Gasteiger partial charge in [0.15, 0.2) is 0 Å². The van der Waals surface area contributed by atoms with Crippen LogP contribution < -0.4 is 5.32 Å². The van der Waals surface area contributed by atoms with Gasteiger partial charge in [0.25, 0.3) is 0 Å². The maximum Gasteiger partial charge on any atom is 0.326 e. The molecule has 0 radical (unpaired) electrons. The van der Waals surface area contributed by atoms with Gasteiger partial charge in [0, 0.05) is 31.8 Å². The van der Waals surface area contributed by atoms with Crippen molar-refractivity contribution in [2.75, 3.05) is 27.4 Å². The molecule has 2 saturated carbocycles. The highest BCUT2D eigenvalue weighted by Gasteiger charge is 2.49. The Bertz CT molecular complexity index is 357. The van der Waals surface area contributed by atoms with Crippen LogP contribution in [0.3, 0.4) is 0 Å². The van der Waals surface area contributed by atoms with Gasteiger partial charge in [-0.1, -0.05) is 0 Å². The number of hydrogen-bond donors (Lipinski definition) is 1. The van der Waals surface area contributed by atoms with E-state index in [9.17, 15) is 4.79 Å². The zero-order chi connectivity index (χ0) is 15.5. The van der Waals surface area contributed by atoms with Crippen LogP contribution in [0.25, 0.3) is 0 Å². The largest absolute Gasteiger partial charge is 0.468 e. The van der Waals surface area contributed by atoms with Crippen molar-refractivity contribution in [1.82, 2.24) is 10.2 Å². The minimum absolute atomic E-state index is 0.110. The summed E-state index contributed by atoms with van der Waals surface area (Å²) in [6.07, 6.45) is 5.32. The second-order valence-electron chi connectivity index (χ2n) is 6.73. The molecular formula is C16H30N2O3. The molecule has 0 amide bonds. The summed E-state index contributed by atoms with van der Waals surface area (Å²) in [7, 11) is 3.24. The summed E-state index contributed by atoms with van der Waals surface area (Å²) in [5.74, 6) is -0.110. The highest BCUT2D eigenvalue weighted by Crippen LogP contribution is 2.39. The first-order chi connectivity index (χ1) is 10.0. The van der Waals surface area contributed by atoms with E-state index in [1.807, 2.05) is 0 Å². The molecule has 2 atom stereocenters. The smallest absolute Gasteiger partial charge is 0.326 e. The molecule has 0 aromatic carbocycles.